The zero-order chi connectivity index (χ0) is 13.7. The average Bonchev–Trinajstić information content (AvgIpc) is 2.92. The fourth-order valence-corrected chi connectivity index (χ4v) is 2.00. The van der Waals surface area contributed by atoms with Crippen molar-refractivity contribution in [3.63, 3.8) is 0 Å². The SMILES string of the molecule is CCOC(=O)C1CNCCN1C(=O)Cn1cncn1. The molecular weight excluding hydrogens is 250 g/mol. The van der Waals surface area contributed by atoms with E-state index >= 15 is 0 Å². The molecule has 0 radical (unpaired) electrons. The van der Waals surface area contributed by atoms with E-state index in [0.717, 1.165) is 0 Å². The van der Waals surface area contributed by atoms with Crippen LogP contribution in [-0.2, 0) is 20.9 Å². The summed E-state index contributed by atoms with van der Waals surface area (Å²) in [4.78, 5) is 29.3. The Morgan fingerprint density at radius 3 is 3.05 bits per heavy atom. The molecule has 2 heterocycles. The molecule has 1 aromatic heterocycles. The molecule has 1 saturated heterocycles. The fraction of sp³-hybridized carbons (Fsp3) is 0.636. The van der Waals surface area contributed by atoms with E-state index in [0.29, 0.717) is 26.2 Å². The standard InChI is InChI=1S/C11H17N5O3/c1-2-19-11(18)9-5-12-3-4-16(9)10(17)6-15-8-13-7-14-15/h7-9,12H,2-6H2,1H3. The molecule has 1 aromatic rings. The number of piperazine rings is 1. The molecule has 1 unspecified atom stereocenters. The van der Waals surface area contributed by atoms with Gasteiger partial charge in [0.05, 0.1) is 6.61 Å². The van der Waals surface area contributed by atoms with Gasteiger partial charge in [-0.1, -0.05) is 0 Å². The average molecular weight is 267 g/mol. The van der Waals surface area contributed by atoms with Crippen molar-refractivity contribution in [1.29, 1.82) is 0 Å². The van der Waals surface area contributed by atoms with Gasteiger partial charge in [0.25, 0.3) is 0 Å². The maximum absolute atomic E-state index is 12.2. The van der Waals surface area contributed by atoms with Crippen LogP contribution in [0.1, 0.15) is 6.92 Å². The maximum atomic E-state index is 12.2. The number of nitrogens with one attached hydrogen (secondary N) is 1. The molecule has 2 rings (SSSR count). The van der Waals surface area contributed by atoms with Gasteiger partial charge < -0.3 is 15.0 Å². The molecule has 19 heavy (non-hydrogen) atoms. The van der Waals surface area contributed by atoms with Crippen molar-refractivity contribution in [3.05, 3.63) is 12.7 Å². The predicted molar refractivity (Wildman–Crippen MR) is 65.0 cm³/mol. The Morgan fingerprint density at radius 2 is 2.37 bits per heavy atom. The van der Waals surface area contributed by atoms with E-state index < -0.39 is 6.04 Å². The quantitative estimate of drug-likeness (QED) is 0.678. The highest BCUT2D eigenvalue weighted by Crippen LogP contribution is 2.07. The lowest BCUT2D eigenvalue weighted by atomic mass is 10.2. The first-order valence-corrected chi connectivity index (χ1v) is 6.21. The second kappa shape index (κ2) is 6.28. The Labute approximate surface area is 110 Å². The maximum Gasteiger partial charge on any atom is 0.330 e. The number of hydrogen-bond acceptors (Lipinski definition) is 6. The summed E-state index contributed by atoms with van der Waals surface area (Å²) in [5, 5.41) is 6.97. The molecular formula is C11H17N5O3. The van der Waals surface area contributed by atoms with Crippen molar-refractivity contribution < 1.29 is 14.3 Å². The van der Waals surface area contributed by atoms with Gasteiger partial charge in [0, 0.05) is 19.6 Å². The lowest BCUT2D eigenvalue weighted by molar-refractivity contribution is -0.156. The van der Waals surface area contributed by atoms with Crippen LogP contribution in [0.5, 0.6) is 0 Å². The van der Waals surface area contributed by atoms with E-state index in [1.807, 2.05) is 0 Å². The predicted octanol–water partition coefficient (Wildman–Crippen LogP) is -1.36. The highest BCUT2D eigenvalue weighted by atomic mass is 16.5. The minimum Gasteiger partial charge on any atom is -0.464 e. The molecule has 1 aliphatic heterocycles. The van der Waals surface area contributed by atoms with Gasteiger partial charge in [-0.2, -0.15) is 5.10 Å². The summed E-state index contributed by atoms with van der Waals surface area (Å²) in [5.41, 5.74) is 0. The molecule has 0 aliphatic carbocycles. The van der Waals surface area contributed by atoms with E-state index in [-0.39, 0.29) is 18.4 Å². The number of amides is 1. The fourth-order valence-electron chi connectivity index (χ4n) is 2.00. The Kier molecular flexibility index (Phi) is 4.45. The Balaban J connectivity index is 2.02. The number of hydrogen-bond donors (Lipinski definition) is 1. The minimum absolute atomic E-state index is 0.0793. The zero-order valence-corrected chi connectivity index (χ0v) is 10.8. The van der Waals surface area contributed by atoms with E-state index in [4.69, 9.17) is 4.74 Å². The van der Waals surface area contributed by atoms with Gasteiger partial charge in [-0.25, -0.2) is 14.5 Å². The molecule has 104 valence electrons. The Bertz CT molecular complexity index is 434. The first kappa shape index (κ1) is 13.5. The summed E-state index contributed by atoms with van der Waals surface area (Å²) < 4.78 is 6.43. The summed E-state index contributed by atoms with van der Waals surface area (Å²) in [6, 6.07) is -0.565. The minimum atomic E-state index is -0.565. The Morgan fingerprint density at radius 1 is 1.53 bits per heavy atom. The molecule has 1 N–H and O–H groups in total. The van der Waals surface area contributed by atoms with E-state index in [9.17, 15) is 9.59 Å². The van der Waals surface area contributed by atoms with Gasteiger partial charge in [-0.3, -0.25) is 4.79 Å². The summed E-state index contributed by atoms with van der Waals surface area (Å²) in [7, 11) is 0. The van der Waals surface area contributed by atoms with Gasteiger partial charge in [0.15, 0.2) is 0 Å². The molecule has 0 aromatic carbocycles. The number of aromatic nitrogens is 3. The lowest BCUT2D eigenvalue weighted by Gasteiger charge is -2.34. The molecule has 1 aliphatic rings. The molecule has 8 nitrogen and oxygen atoms in total. The normalized spacial score (nSPS) is 19.2. The van der Waals surface area contributed by atoms with Crippen LogP contribution >= 0.6 is 0 Å². The second-order valence-electron chi connectivity index (χ2n) is 4.15. The molecule has 1 atom stereocenters. The Hall–Kier alpha value is -1.96. The third-order valence-electron chi connectivity index (χ3n) is 2.89. The van der Waals surface area contributed by atoms with Gasteiger partial charge in [0.1, 0.15) is 25.2 Å². The number of esters is 1. The monoisotopic (exact) mass is 267 g/mol. The molecule has 1 fully saturated rings. The molecule has 8 heteroatoms. The van der Waals surface area contributed by atoms with Crippen molar-refractivity contribution in [2.24, 2.45) is 0 Å². The van der Waals surface area contributed by atoms with Gasteiger partial charge in [-0.15, -0.1) is 0 Å². The van der Waals surface area contributed by atoms with Gasteiger partial charge in [0.2, 0.25) is 5.91 Å². The smallest absolute Gasteiger partial charge is 0.330 e. The van der Waals surface area contributed by atoms with Crippen LogP contribution in [-0.4, -0.2) is 63.8 Å². The van der Waals surface area contributed by atoms with Crippen LogP contribution in [0.3, 0.4) is 0 Å². The topological polar surface area (TPSA) is 89.4 Å². The van der Waals surface area contributed by atoms with E-state index in [1.54, 1.807) is 6.92 Å². The van der Waals surface area contributed by atoms with Crippen molar-refractivity contribution in [2.75, 3.05) is 26.2 Å². The molecule has 0 spiro atoms. The number of carbonyl (C=O) groups is 2. The molecule has 1 amide bonds. The number of carbonyl (C=O) groups excluding carboxylic acids is 2. The second-order valence-corrected chi connectivity index (χ2v) is 4.15. The first-order chi connectivity index (χ1) is 9.22. The van der Waals surface area contributed by atoms with Crippen LogP contribution in [0, 0.1) is 0 Å². The third kappa shape index (κ3) is 3.28. The van der Waals surface area contributed by atoms with Gasteiger partial charge in [-0.05, 0) is 6.92 Å². The lowest BCUT2D eigenvalue weighted by Crippen LogP contribution is -2.58. The highest BCUT2D eigenvalue weighted by molar-refractivity contribution is 5.85. The van der Waals surface area contributed by atoms with E-state index in [1.165, 1.54) is 22.2 Å². The zero-order valence-electron chi connectivity index (χ0n) is 10.8. The van der Waals surface area contributed by atoms with Crippen LogP contribution in [0.25, 0.3) is 0 Å². The third-order valence-corrected chi connectivity index (χ3v) is 2.89. The van der Waals surface area contributed by atoms with Crippen molar-refractivity contribution in [1.82, 2.24) is 25.0 Å². The van der Waals surface area contributed by atoms with Crippen LogP contribution < -0.4 is 5.32 Å². The number of rotatable bonds is 4. The summed E-state index contributed by atoms with van der Waals surface area (Å²) >= 11 is 0. The van der Waals surface area contributed by atoms with Crippen LogP contribution in [0.4, 0.5) is 0 Å². The van der Waals surface area contributed by atoms with Crippen molar-refractivity contribution in [3.8, 4) is 0 Å². The summed E-state index contributed by atoms with van der Waals surface area (Å²) in [6.45, 7) is 3.70. The summed E-state index contributed by atoms with van der Waals surface area (Å²) in [5.74, 6) is -0.535. The molecule has 0 bridgehead atoms. The number of ether oxygens (including phenoxy) is 1. The first-order valence-electron chi connectivity index (χ1n) is 6.21. The number of nitrogens with zero attached hydrogens (tertiary/aromatic N) is 4. The molecule has 0 saturated carbocycles. The summed E-state index contributed by atoms with van der Waals surface area (Å²) in [6.07, 6.45) is 2.84. The van der Waals surface area contributed by atoms with Crippen molar-refractivity contribution >= 4 is 11.9 Å². The van der Waals surface area contributed by atoms with Crippen molar-refractivity contribution in [2.45, 2.75) is 19.5 Å². The highest BCUT2D eigenvalue weighted by Gasteiger charge is 2.33. The van der Waals surface area contributed by atoms with Gasteiger partial charge >= 0.3 is 5.97 Å². The largest absolute Gasteiger partial charge is 0.464 e. The van der Waals surface area contributed by atoms with E-state index in [2.05, 4.69) is 15.4 Å². The van der Waals surface area contributed by atoms with Crippen LogP contribution in [0.15, 0.2) is 12.7 Å². The van der Waals surface area contributed by atoms with Crippen LogP contribution in [0.2, 0.25) is 0 Å².